The number of nitrogens with one attached hydrogen (secondary N) is 1. The summed E-state index contributed by atoms with van der Waals surface area (Å²) in [5.41, 5.74) is 2.19. The Balaban J connectivity index is 1.41. The van der Waals surface area contributed by atoms with Crippen LogP contribution in [0.4, 0.5) is 13.9 Å². The number of piperidine rings is 1. The molecule has 2 aromatic carbocycles. The third kappa shape index (κ3) is 4.89. The minimum atomic E-state index is -1.10. The molecule has 182 valence electrons. The van der Waals surface area contributed by atoms with Gasteiger partial charge in [-0.15, -0.1) is 11.3 Å². The summed E-state index contributed by atoms with van der Waals surface area (Å²) in [4.78, 5) is 30.7. The van der Waals surface area contributed by atoms with E-state index in [-0.39, 0.29) is 30.6 Å². The minimum Gasteiger partial charge on any atom is -0.485 e. The molecule has 0 saturated carbocycles. The smallest absolute Gasteiger partial charge is 0.234 e. The van der Waals surface area contributed by atoms with E-state index in [1.807, 2.05) is 0 Å². The highest BCUT2D eigenvalue weighted by Gasteiger charge is 2.30. The van der Waals surface area contributed by atoms with Gasteiger partial charge in [-0.2, -0.15) is 4.39 Å². The van der Waals surface area contributed by atoms with Crippen LogP contribution in [-0.2, 0) is 20.9 Å². The minimum absolute atomic E-state index is 0.0816. The molecule has 1 atom stereocenters. The molecule has 2 aliphatic rings. The number of carbonyl (C=O) groups excluding carboxylic acids is 2. The van der Waals surface area contributed by atoms with Crippen LogP contribution in [0.25, 0.3) is 11.3 Å². The first-order valence-electron chi connectivity index (χ1n) is 11.3. The number of benzene rings is 2. The predicted octanol–water partition coefficient (Wildman–Crippen LogP) is 4.02. The van der Waals surface area contributed by atoms with Gasteiger partial charge in [-0.05, 0) is 29.7 Å². The lowest BCUT2D eigenvalue weighted by atomic mass is 9.87. The van der Waals surface area contributed by atoms with E-state index in [0.29, 0.717) is 55.1 Å². The molecule has 0 radical (unpaired) electrons. The van der Waals surface area contributed by atoms with Crippen LogP contribution in [0.3, 0.4) is 0 Å². The first kappa shape index (κ1) is 23.4. The zero-order chi connectivity index (χ0) is 24.4. The fourth-order valence-electron chi connectivity index (χ4n) is 4.31. The van der Waals surface area contributed by atoms with E-state index >= 15 is 0 Å². The molecule has 10 heteroatoms. The van der Waals surface area contributed by atoms with Crippen LogP contribution in [0.5, 0.6) is 5.75 Å². The summed E-state index contributed by atoms with van der Waals surface area (Å²) in [6, 6.07) is 9.65. The second-order valence-electron chi connectivity index (χ2n) is 8.34. The first-order valence-corrected chi connectivity index (χ1v) is 12.2. The molecule has 3 aromatic rings. The fraction of sp³-hybridized carbons (Fsp3) is 0.320. The number of thiazole rings is 1. The van der Waals surface area contributed by atoms with E-state index in [1.165, 1.54) is 17.4 Å². The number of imide groups is 1. The van der Waals surface area contributed by atoms with Crippen molar-refractivity contribution < 1.29 is 27.8 Å². The summed E-state index contributed by atoms with van der Waals surface area (Å²) < 4.78 is 40.3. The predicted molar refractivity (Wildman–Crippen MR) is 126 cm³/mol. The standard InChI is InChI=1S/C25H23F2N3O4S/c26-19-7-5-18(20-14-35-25(28-20)30-9-11-33-12-10-30)23(22(19)27)34-13-15-3-1-2-4-16(15)17-6-8-21(31)29-24(17)32/h1-5,7,14,17H,6,8-13H2,(H,29,31,32). The van der Waals surface area contributed by atoms with Gasteiger partial charge in [-0.1, -0.05) is 24.3 Å². The average Bonchev–Trinajstić information content (AvgIpc) is 3.36. The molecule has 3 heterocycles. The maximum Gasteiger partial charge on any atom is 0.234 e. The number of amides is 2. The van der Waals surface area contributed by atoms with Gasteiger partial charge >= 0.3 is 0 Å². The Morgan fingerprint density at radius 3 is 2.74 bits per heavy atom. The molecule has 0 aliphatic carbocycles. The van der Waals surface area contributed by atoms with E-state index in [0.717, 1.165) is 11.2 Å². The lowest BCUT2D eigenvalue weighted by Gasteiger charge is -2.26. The van der Waals surface area contributed by atoms with Crippen molar-refractivity contribution in [2.75, 3.05) is 31.2 Å². The molecule has 1 aromatic heterocycles. The van der Waals surface area contributed by atoms with Gasteiger partial charge < -0.3 is 14.4 Å². The number of aromatic nitrogens is 1. The lowest BCUT2D eigenvalue weighted by molar-refractivity contribution is -0.134. The number of nitrogens with zero attached hydrogens (tertiary/aromatic N) is 2. The normalized spacial score (nSPS) is 18.5. The first-order chi connectivity index (χ1) is 17.0. The van der Waals surface area contributed by atoms with Gasteiger partial charge in [0, 0.05) is 30.5 Å². The molecule has 2 aliphatic heterocycles. The Hall–Kier alpha value is -3.37. The molecule has 0 bridgehead atoms. The Bertz CT molecular complexity index is 1260. The van der Waals surface area contributed by atoms with Crippen molar-refractivity contribution in [3.05, 3.63) is 64.5 Å². The van der Waals surface area contributed by atoms with E-state index < -0.39 is 17.6 Å². The SMILES string of the molecule is O=C1CCC(c2ccccc2COc2c(-c3csc(N4CCOCC4)n3)ccc(F)c2F)C(=O)N1. The highest BCUT2D eigenvalue weighted by Crippen LogP contribution is 2.37. The Morgan fingerprint density at radius 2 is 1.94 bits per heavy atom. The third-order valence-electron chi connectivity index (χ3n) is 6.14. The highest BCUT2D eigenvalue weighted by atomic mass is 32.1. The second-order valence-corrected chi connectivity index (χ2v) is 9.18. The molecular weight excluding hydrogens is 476 g/mol. The zero-order valence-corrected chi connectivity index (χ0v) is 19.6. The van der Waals surface area contributed by atoms with Gasteiger partial charge in [0.1, 0.15) is 6.61 Å². The van der Waals surface area contributed by atoms with Crippen LogP contribution >= 0.6 is 11.3 Å². The summed E-state index contributed by atoms with van der Waals surface area (Å²) in [5.74, 6) is -3.54. The molecule has 5 rings (SSSR count). The number of rotatable bonds is 6. The molecule has 35 heavy (non-hydrogen) atoms. The summed E-state index contributed by atoms with van der Waals surface area (Å²) in [5, 5.41) is 4.93. The Morgan fingerprint density at radius 1 is 1.14 bits per heavy atom. The number of halogens is 2. The van der Waals surface area contributed by atoms with Gasteiger partial charge in [0.2, 0.25) is 17.6 Å². The number of morpholine rings is 1. The largest absolute Gasteiger partial charge is 0.485 e. The monoisotopic (exact) mass is 499 g/mol. The summed E-state index contributed by atoms with van der Waals surface area (Å²) in [6.07, 6.45) is 0.619. The average molecular weight is 500 g/mol. The molecule has 1 N–H and O–H groups in total. The van der Waals surface area contributed by atoms with E-state index in [2.05, 4.69) is 15.2 Å². The van der Waals surface area contributed by atoms with Crippen LogP contribution < -0.4 is 15.0 Å². The molecule has 0 spiro atoms. The van der Waals surface area contributed by atoms with E-state index in [1.54, 1.807) is 29.6 Å². The van der Waals surface area contributed by atoms with Crippen LogP contribution in [0.15, 0.2) is 41.8 Å². The second kappa shape index (κ2) is 10.1. The maximum atomic E-state index is 14.9. The van der Waals surface area contributed by atoms with Gasteiger partial charge in [0.25, 0.3) is 0 Å². The van der Waals surface area contributed by atoms with Crippen molar-refractivity contribution in [1.82, 2.24) is 10.3 Å². The number of anilines is 1. The molecule has 2 fully saturated rings. The van der Waals surface area contributed by atoms with Crippen LogP contribution in [0, 0.1) is 11.6 Å². The van der Waals surface area contributed by atoms with Crippen LogP contribution in [-0.4, -0.2) is 43.1 Å². The van der Waals surface area contributed by atoms with Crippen LogP contribution in [0.2, 0.25) is 0 Å². The fourth-order valence-corrected chi connectivity index (χ4v) is 5.19. The van der Waals surface area contributed by atoms with Crippen LogP contribution in [0.1, 0.15) is 29.9 Å². The zero-order valence-electron chi connectivity index (χ0n) is 18.8. The number of hydrogen-bond acceptors (Lipinski definition) is 7. The quantitative estimate of drug-likeness (QED) is 0.516. The van der Waals surface area contributed by atoms with Crippen molar-refractivity contribution in [2.45, 2.75) is 25.4 Å². The van der Waals surface area contributed by atoms with Gasteiger partial charge in [0.05, 0.1) is 24.8 Å². The molecule has 2 amide bonds. The van der Waals surface area contributed by atoms with Crippen molar-refractivity contribution in [3.8, 4) is 17.0 Å². The number of ether oxygens (including phenoxy) is 2. The maximum absolute atomic E-state index is 14.9. The van der Waals surface area contributed by atoms with Crippen molar-refractivity contribution >= 4 is 28.3 Å². The molecule has 7 nitrogen and oxygen atoms in total. The van der Waals surface area contributed by atoms with Crippen molar-refractivity contribution in [3.63, 3.8) is 0 Å². The molecular formula is C25H23F2N3O4S. The Kier molecular flexibility index (Phi) is 6.74. The van der Waals surface area contributed by atoms with Gasteiger partial charge in [-0.25, -0.2) is 9.37 Å². The molecule has 2 saturated heterocycles. The lowest BCUT2D eigenvalue weighted by Crippen LogP contribution is -2.39. The summed E-state index contributed by atoms with van der Waals surface area (Å²) >= 11 is 1.42. The summed E-state index contributed by atoms with van der Waals surface area (Å²) in [6.45, 7) is 2.57. The topological polar surface area (TPSA) is 80.8 Å². The van der Waals surface area contributed by atoms with Crippen molar-refractivity contribution in [2.24, 2.45) is 0 Å². The Labute approximate surface area is 204 Å². The highest BCUT2D eigenvalue weighted by molar-refractivity contribution is 7.14. The van der Waals surface area contributed by atoms with Gasteiger partial charge in [-0.3, -0.25) is 14.9 Å². The number of hydrogen-bond donors (Lipinski definition) is 1. The van der Waals surface area contributed by atoms with Crippen molar-refractivity contribution in [1.29, 1.82) is 0 Å². The molecule has 1 unspecified atom stereocenters. The van der Waals surface area contributed by atoms with E-state index in [4.69, 9.17) is 9.47 Å². The third-order valence-corrected chi connectivity index (χ3v) is 7.04. The number of carbonyl (C=O) groups is 2. The van der Waals surface area contributed by atoms with Gasteiger partial charge in [0.15, 0.2) is 16.7 Å². The van der Waals surface area contributed by atoms with E-state index in [9.17, 15) is 18.4 Å². The summed E-state index contributed by atoms with van der Waals surface area (Å²) in [7, 11) is 0.